The van der Waals surface area contributed by atoms with E-state index >= 15 is 0 Å². The Morgan fingerprint density at radius 1 is 1.11 bits per heavy atom. The van der Waals surface area contributed by atoms with Gasteiger partial charge in [0.15, 0.2) is 0 Å². The maximum Gasteiger partial charge on any atom is 0.340 e. The number of rotatable bonds is 6. The summed E-state index contributed by atoms with van der Waals surface area (Å²) >= 11 is 0. The van der Waals surface area contributed by atoms with Crippen LogP contribution in [-0.2, 0) is 23.9 Å². The fourth-order valence-corrected chi connectivity index (χ4v) is 0.982. The van der Waals surface area contributed by atoms with E-state index in [1.165, 1.54) is 13.8 Å². The maximum absolute atomic E-state index is 11.6. The Labute approximate surface area is 106 Å². The van der Waals surface area contributed by atoms with Crippen molar-refractivity contribution in [1.29, 1.82) is 0 Å². The molecule has 0 heterocycles. The van der Waals surface area contributed by atoms with Gasteiger partial charge >= 0.3 is 11.9 Å². The molecule has 0 radical (unpaired) electrons. The first-order chi connectivity index (χ1) is 8.23. The minimum atomic E-state index is -1.49. The average molecular weight is 260 g/mol. The van der Waals surface area contributed by atoms with E-state index in [1.54, 1.807) is 13.8 Å². The summed E-state index contributed by atoms with van der Waals surface area (Å²) in [5.74, 6) is -2.38. The van der Waals surface area contributed by atoms with Crippen LogP contribution in [0.25, 0.3) is 0 Å². The molecule has 7 heteroatoms. The van der Waals surface area contributed by atoms with Gasteiger partial charge < -0.3 is 20.5 Å². The van der Waals surface area contributed by atoms with Gasteiger partial charge in [-0.05, 0) is 27.7 Å². The van der Waals surface area contributed by atoms with E-state index in [0.29, 0.717) is 0 Å². The van der Waals surface area contributed by atoms with Gasteiger partial charge in [-0.1, -0.05) is 0 Å². The first-order valence-electron chi connectivity index (χ1n) is 5.67. The Morgan fingerprint density at radius 3 is 1.78 bits per heavy atom. The Bertz CT molecular complexity index is 304. The van der Waals surface area contributed by atoms with Crippen LogP contribution in [0.15, 0.2) is 0 Å². The van der Waals surface area contributed by atoms with Gasteiger partial charge in [0.05, 0.1) is 18.8 Å². The molecule has 0 aliphatic carbocycles. The van der Waals surface area contributed by atoms with Crippen molar-refractivity contribution >= 4 is 17.8 Å². The molecule has 0 fully saturated rings. The van der Waals surface area contributed by atoms with Crippen molar-refractivity contribution in [2.75, 3.05) is 13.2 Å². The smallest absolute Gasteiger partial charge is 0.340 e. The molecule has 104 valence electrons. The minimum absolute atomic E-state index is 0.0939. The van der Waals surface area contributed by atoms with Gasteiger partial charge in [0.2, 0.25) is 11.9 Å². The lowest BCUT2D eigenvalue weighted by molar-refractivity contribution is -0.160. The molecule has 3 N–H and O–H groups in total. The molecule has 0 aromatic heterocycles. The summed E-state index contributed by atoms with van der Waals surface area (Å²) in [6.07, 6.45) is 0. The summed E-state index contributed by atoms with van der Waals surface area (Å²) in [4.78, 5) is 34.7. The molecule has 0 aromatic rings. The molecule has 1 amide bonds. The third-order valence-electron chi connectivity index (χ3n) is 1.91. The van der Waals surface area contributed by atoms with Gasteiger partial charge in [-0.2, -0.15) is 0 Å². The molecule has 0 unspecified atom stereocenters. The fourth-order valence-electron chi connectivity index (χ4n) is 0.982. The molecule has 18 heavy (non-hydrogen) atoms. The lowest BCUT2D eigenvalue weighted by Gasteiger charge is -2.21. The Kier molecular flexibility index (Phi) is 6.32. The van der Waals surface area contributed by atoms with E-state index in [0.717, 1.165) is 0 Å². The van der Waals surface area contributed by atoms with Crippen molar-refractivity contribution in [1.82, 2.24) is 5.32 Å². The van der Waals surface area contributed by atoms with Crippen LogP contribution in [0.2, 0.25) is 0 Å². The number of ether oxygens (including phenoxy) is 2. The summed E-state index contributed by atoms with van der Waals surface area (Å²) < 4.78 is 9.38. The molecule has 0 bridgehead atoms. The van der Waals surface area contributed by atoms with Crippen molar-refractivity contribution in [3.8, 4) is 0 Å². The Hall–Kier alpha value is -1.63. The predicted octanol–water partition coefficient (Wildman–Crippen LogP) is -0.665. The van der Waals surface area contributed by atoms with E-state index in [1.807, 2.05) is 0 Å². The summed E-state index contributed by atoms with van der Waals surface area (Å²) in [6.45, 7) is 6.28. The highest BCUT2D eigenvalue weighted by molar-refractivity contribution is 6.03. The van der Waals surface area contributed by atoms with Gasteiger partial charge in [0, 0.05) is 0 Å². The molecule has 0 aliphatic rings. The number of amides is 1. The molecule has 0 saturated heterocycles. The lowest BCUT2D eigenvalue weighted by Crippen LogP contribution is -2.57. The van der Waals surface area contributed by atoms with Crippen molar-refractivity contribution in [2.45, 2.75) is 39.3 Å². The average Bonchev–Trinajstić information content (AvgIpc) is 2.24. The topological polar surface area (TPSA) is 108 Å². The monoisotopic (exact) mass is 260 g/mol. The highest BCUT2D eigenvalue weighted by Crippen LogP contribution is 2.00. The van der Waals surface area contributed by atoms with Gasteiger partial charge in [0.25, 0.3) is 0 Å². The maximum atomic E-state index is 11.6. The largest absolute Gasteiger partial charge is 0.464 e. The number of hydrogen-bond donors (Lipinski definition) is 2. The third-order valence-corrected chi connectivity index (χ3v) is 1.91. The quantitative estimate of drug-likeness (QED) is 0.484. The molecule has 0 rings (SSSR count). The lowest BCUT2D eigenvalue weighted by atomic mass is 10.1. The van der Waals surface area contributed by atoms with Crippen LogP contribution in [0, 0.1) is 0 Å². The van der Waals surface area contributed by atoms with Crippen LogP contribution < -0.4 is 11.1 Å². The second-order valence-electron chi connectivity index (χ2n) is 4.13. The first kappa shape index (κ1) is 16.4. The minimum Gasteiger partial charge on any atom is -0.464 e. The third kappa shape index (κ3) is 5.13. The van der Waals surface area contributed by atoms with Gasteiger partial charge in [-0.3, -0.25) is 4.79 Å². The van der Waals surface area contributed by atoms with Gasteiger partial charge in [0.1, 0.15) is 0 Å². The first-order valence-corrected chi connectivity index (χ1v) is 5.67. The number of nitrogens with one attached hydrogen (secondary N) is 1. The number of hydrogen-bond acceptors (Lipinski definition) is 6. The fraction of sp³-hybridized carbons (Fsp3) is 0.727. The summed E-state index contributed by atoms with van der Waals surface area (Å²) in [6, 6.07) is -1.49. The molecule has 0 aliphatic heterocycles. The van der Waals surface area contributed by atoms with E-state index < -0.39 is 29.4 Å². The van der Waals surface area contributed by atoms with Crippen LogP contribution >= 0.6 is 0 Å². The summed E-state index contributed by atoms with van der Waals surface area (Å²) in [5.41, 5.74) is 4.35. The van der Waals surface area contributed by atoms with Crippen LogP contribution in [0.3, 0.4) is 0 Å². The molecular weight excluding hydrogens is 240 g/mol. The zero-order chi connectivity index (χ0) is 14.3. The Balaban J connectivity index is 4.83. The van der Waals surface area contributed by atoms with Crippen LogP contribution in [-0.4, -0.2) is 42.6 Å². The van der Waals surface area contributed by atoms with Crippen molar-refractivity contribution < 1.29 is 23.9 Å². The van der Waals surface area contributed by atoms with E-state index in [2.05, 4.69) is 14.8 Å². The van der Waals surface area contributed by atoms with Crippen LogP contribution in [0.1, 0.15) is 27.7 Å². The van der Waals surface area contributed by atoms with Gasteiger partial charge in [-0.25, -0.2) is 9.59 Å². The van der Waals surface area contributed by atoms with Crippen LogP contribution in [0.4, 0.5) is 0 Å². The van der Waals surface area contributed by atoms with E-state index in [9.17, 15) is 14.4 Å². The molecule has 0 aromatic carbocycles. The van der Waals surface area contributed by atoms with Gasteiger partial charge in [-0.15, -0.1) is 0 Å². The summed E-state index contributed by atoms with van der Waals surface area (Å²) in [5, 5.41) is 2.21. The normalized spacial score (nSPS) is 11.0. The number of carbonyl (C=O) groups is 3. The number of nitrogens with two attached hydrogens (primary N) is 1. The standard InChI is InChI=1S/C11H20N2O5/c1-5-17-8(14)7(9(15)18-6-2)13-10(16)11(3,4)12/h7H,5-6,12H2,1-4H3,(H,13,16). The van der Waals surface area contributed by atoms with Crippen LogP contribution in [0.5, 0.6) is 0 Å². The zero-order valence-electron chi connectivity index (χ0n) is 11.1. The molecule has 0 atom stereocenters. The highest BCUT2D eigenvalue weighted by Gasteiger charge is 2.34. The molecule has 7 nitrogen and oxygen atoms in total. The number of esters is 2. The molecule has 0 saturated carbocycles. The molecular formula is C11H20N2O5. The summed E-state index contributed by atoms with van der Waals surface area (Å²) in [7, 11) is 0. The SMILES string of the molecule is CCOC(=O)C(NC(=O)C(C)(C)N)C(=O)OCC. The zero-order valence-corrected chi connectivity index (χ0v) is 11.1. The van der Waals surface area contributed by atoms with Crippen molar-refractivity contribution in [2.24, 2.45) is 5.73 Å². The predicted molar refractivity (Wildman–Crippen MR) is 63.5 cm³/mol. The van der Waals surface area contributed by atoms with Crippen molar-refractivity contribution in [3.63, 3.8) is 0 Å². The van der Waals surface area contributed by atoms with Crippen molar-refractivity contribution in [3.05, 3.63) is 0 Å². The number of carbonyl (C=O) groups excluding carboxylic acids is 3. The second kappa shape index (κ2) is 6.95. The molecule has 0 spiro atoms. The highest BCUT2D eigenvalue weighted by atomic mass is 16.6. The second-order valence-corrected chi connectivity index (χ2v) is 4.13. The van der Waals surface area contributed by atoms with E-state index in [4.69, 9.17) is 5.73 Å². The van der Waals surface area contributed by atoms with E-state index in [-0.39, 0.29) is 13.2 Å². The Morgan fingerprint density at radius 2 is 1.50 bits per heavy atom.